The lowest BCUT2D eigenvalue weighted by Crippen LogP contribution is -2.36. The number of aryl methyl sites for hydroxylation is 2. The summed E-state index contributed by atoms with van der Waals surface area (Å²) < 4.78 is 16.0. The number of ether oxygens (including phenoxy) is 3. The van der Waals surface area contributed by atoms with Crippen LogP contribution in [-0.4, -0.2) is 36.4 Å². The number of aromatic nitrogens is 1. The highest BCUT2D eigenvalue weighted by Crippen LogP contribution is 2.34. The summed E-state index contributed by atoms with van der Waals surface area (Å²) in [5, 5.41) is 14.9. The Kier molecular flexibility index (Phi) is 8.74. The molecule has 0 aliphatic carbocycles. The van der Waals surface area contributed by atoms with Crippen LogP contribution in [0.2, 0.25) is 0 Å². The van der Waals surface area contributed by atoms with Gasteiger partial charge in [-0.3, -0.25) is 15.5 Å². The molecule has 1 heterocycles. The van der Waals surface area contributed by atoms with Crippen molar-refractivity contribution in [3.05, 3.63) is 41.1 Å². The minimum Gasteiger partial charge on any atom is -0.481 e. The number of amides is 2. The Morgan fingerprint density at radius 3 is 2.42 bits per heavy atom. The lowest BCUT2D eigenvalue weighted by Gasteiger charge is -2.16. The molecule has 2 aromatic rings. The summed E-state index contributed by atoms with van der Waals surface area (Å²) in [6.45, 7) is 9.49. The average Bonchev–Trinajstić information content (AvgIpc) is 2.76. The van der Waals surface area contributed by atoms with E-state index in [4.69, 9.17) is 14.7 Å². The molecule has 1 aromatic carbocycles. The van der Waals surface area contributed by atoms with Crippen LogP contribution < -0.4 is 20.2 Å². The zero-order chi connectivity index (χ0) is 24.5. The van der Waals surface area contributed by atoms with E-state index in [1.165, 1.54) is 0 Å². The summed E-state index contributed by atoms with van der Waals surface area (Å²) in [5.74, 6) is 1.02. The van der Waals surface area contributed by atoms with E-state index in [2.05, 4.69) is 20.2 Å². The first-order valence-corrected chi connectivity index (χ1v) is 10.2. The highest BCUT2D eigenvalue weighted by Gasteiger charge is 2.16. The second kappa shape index (κ2) is 11.5. The lowest BCUT2D eigenvalue weighted by atomic mass is 10.0. The Bertz CT molecular complexity index is 1080. The summed E-state index contributed by atoms with van der Waals surface area (Å²) in [5.41, 5.74) is 5.19. The fraction of sp³-hybridized carbons (Fsp3) is 0.348. The second-order valence-electron chi connectivity index (χ2n) is 7.32. The Hall–Kier alpha value is -4.13. The van der Waals surface area contributed by atoms with Crippen molar-refractivity contribution in [1.29, 1.82) is 5.26 Å². The molecule has 0 spiro atoms. The van der Waals surface area contributed by atoms with Crippen LogP contribution in [-0.2, 0) is 9.53 Å². The molecule has 174 valence electrons. The fourth-order valence-corrected chi connectivity index (χ4v) is 2.95. The quantitative estimate of drug-likeness (QED) is 0.449. The van der Waals surface area contributed by atoms with Gasteiger partial charge in [0.25, 0.3) is 5.91 Å². The number of carbonyl (C=O) groups excluding carboxylic acids is 2. The average molecular weight is 453 g/mol. The van der Waals surface area contributed by atoms with E-state index >= 15 is 0 Å². The van der Waals surface area contributed by atoms with Gasteiger partial charge < -0.3 is 14.2 Å². The van der Waals surface area contributed by atoms with E-state index in [1.807, 2.05) is 39.1 Å². The van der Waals surface area contributed by atoms with Gasteiger partial charge in [0, 0.05) is 5.56 Å². The maximum Gasteiger partial charge on any atom is 0.414 e. The zero-order valence-corrected chi connectivity index (χ0v) is 19.5. The second-order valence-corrected chi connectivity index (χ2v) is 7.32. The van der Waals surface area contributed by atoms with Crippen LogP contribution in [0.25, 0.3) is 0 Å². The topological polar surface area (TPSA) is 135 Å². The molecule has 1 aromatic heterocycles. The van der Waals surface area contributed by atoms with Crippen LogP contribution >= 0.6 is 0 Å². The molecule has 10 heteroatoms. The molecule has 0 saturated heterocycles. The Labute approximate surface area is 192 Å². The van der Waals surface area contributed by atoms with Gasteiger partial charge in [0.1, 0.15) is 17.6 Å². The van der Waals surface area contributed by atoms with Gasteiger partial charge in [-0.25, -0.2) is 9.78 Å². The van der Waals surface area contributed by atoms with Gasteiger partial charge in [0.2, 0.25) is 11.6 Å². The van der Waals surface area contributed by atoms with E-state index in [0.717, 1.165) is 16.7 Å². The number of nitriles is 1. The van der Waals surface area contributed by atoms with Gasteiger partial charge >= 0.3 is 6.09 Å². The maximum atomic E-state index is 12.0. The van der Waals surface area contributed by atoms with Crippen LogP contribution in [0.5, 0.6) is 17.4 Å². The number of carbonyl (C=O) groups is 2. The summed E-state index contributed by atoms with van der Waals surface area (Å²) in [6, 6.07) is 7.05. The van der Waals surface area contributed by atoms with Crippen molar-refractivity contribution in [2.24, 2.45) is 5.10 Å². The predicted octanol–water partition coefficient (Wildman–Crippen LogP) is 4.19. The fourth-order valence-electron chi connectivity index (χ4n) is 2.95. The Morgan fingerprint density at radius 1 is 1.21 bits per heavy atom. The van der Waals surface area contributed by atoms with Crippen LogP contribution in [0.1, 0.15) is 43.4 Å². The van der Waals surface area contributed by atoms with Gasteiger partial charge in [-0.15, -0.1) is 0 Å². The predicted molar refractivity (Wildman–Crippen MR) is 123 cm³/mol. The monoisotopic (exact) mass is 453 g/mol. The van der Waals surface area contributed by atoms with E-state index in [1.54, 1.807) is 38.4 Å². The summed E-state index contributed by atoms with van der Waals surface area (Å²) in [7, 11) is 1.58. The minimum absolute atomic E-state index is 0.0920. The molecule has 0 radical (unpaired) electrons. The molecule has 0 saturated carbocycles. The number of imide groups is 1. The van der Waals surface area contributed by atoms with Crippen molar-refractivity contribution in [3.8, 4) is 23.4 Å². The third-order valence-electron chi connectivity index (χ3n) is 4.46. The van der Waals surface area contributed by atoms with Crippen molar-refractivity contribution in [3.63, 3.8) is 0 Å². The molecule has 0 unspecified atom stereocenters. The number of hydrogen-bond acceptors (Lipinski definition) is 9. The number of nitrogens with zero attached hydrogens (tertiary/aromatic N) is 3. The number of pyridine rings is 1. The van der Waals surface area contributed by atoms with E-state index in [-0.39, 0.29) is 12.5 Å². The molecule has 0 fully saturated rings. The number of methoxy groups -OCH3 is 1. The molecule has 2 amide bonds. The van der Waals surface area contributed by atoms with Crippen molar-refractivity contribution in [2.45, 2.75) is 40.5 Å². The molecular weight excluding hydrogens is 426 g/mol. The first-order valence-electron chi connectivity index (χ1n) is 10.2. The normalized spacial score (nSPS) is 10.9. The zero-order valence-electron chi connectivity index (χ0n) is 19.5. The van der Waals surface area contributed by atoms with Crippen molar-refractivity contribution in [1.82, 2.24) is 10.3 Å². The van der Waals surface area contributed by atoms with Crippen LogP contribution in [0.15, 0.2) is 29.5 Å². The first-order chi connectivity index (χ1) is 15.7. The molecule has 0 bridgehead atoms. The number of benzene rings is 1. The third-order valence-corrected chi connectivity index (χ3v) is 4.46. The number of hydrogen-bond donors (Lipinski definition) is 2. The molecule has 2 rings (SSSR count). The van der Waals surface area contributed by atoms with Gasteiger partial charge in [-0.1, -0.05) is 13.8 Å². The molecule has 33 heavy (non-hydrogen) atoms. The molecule has 0 aliphatic heterocycles. The van der Waals surface area contributed by atoms with E-state index in [0.29, 0.717) is 23.1 Å². The standard InChI is InChI=1S/C23H27N5O5/c1-7-32-23(30)26-21(29)19(11-24)28-27-16-8-14(4)20(15(5)9-16)33-17-10-18(13(2)3)22(31-6)25-12-17/h8-10,12-13,27H,7H2,1-6H3,(H,26,29,30)/b28-19-. The van der Waals surface area contributed by atoms with Crippen LogP contribution in [0, 0.1) is 25.2 Å². The molecule has 10 nitrogen and oxygen atoms in total. The van der Waals surface area contributed by atoms with Crippen LogP contribution in [0.3, 0.4) is 0 Å². The Morgan fingerprint density at radius 2 is 1.88 bits per heavy atom. The molecular formula is C23H27N5O5. The highest BCUT2D eigenvalue weighted by molar-refractivity contribution is 6.46. The summed E-state index contributed by atoms with van der Waals surface area (Å²) >= 11 is 0. The largest absolute Gasteiger partial charge is 0.481 e. The van der Waals surface area contributed by atoms with Crippen molar-refractivity contribution >= 4 is 23.4 Å². The number of anilines is 1. The van der Waals surface area contributed by atoms with Crippen LogP contribution in [0.4, 0.5) is 10.5 Å². The number of rotatable bonds is 8. The first kappa shape index (κ1) is 25.1. The van der Waals surface area contributed by atoms with Crippen molar-refractivity contribution in [2.75, 3.05) is 19.1 Å². The Balaban J connectivity index is 2.21. The lowest BCUT2D eigenvalue weighted by molar-refractivity contribution is -0.114. The molecule has 0 aliphatic rings. The SMILES string of the molecule is CCOC(=O)NC(=O)/C(C#N)=N\Nc1cc(C)c(Oc2cnc(OC)c(C(C)C)c2)c(C)c1. The number of alkyl carbamates (subject to hydrolysis) is 1. The van der Waals surface area contributed by atoms with Gasteiger partial charge in [-0.05, 0) is 56.0 Å². The third kappa shape index (κ3) is 6.67. The highest BCUT2D eigenvalue weighted by atomic mass is 16.5. The molecule has 2 N–H and O–H groups in total. The summed E-state index contributed by atoms with van der Waals surface area (Å²) in [4.78, 5) is 27.6. The van der Waals surface area contributed by atoms with Crippen molar-refractivity contribution < 1.29 is 23.8 Å². The number of nitrogens with one attached hydrogen (secondary N) is 2. The minimum atomic E-state index is -0.968. The van der Waals surface area contributed by atoms with Gasteiger partial charge in [0.15, 0.2) is 0 Å². The maximum absolute atomic E-state index is 12.0. The molecule has 0 atom stereocenters. The van der Waals surface area contributed by atoms with E-state index in [9.17, 15) is 9.59 Å². The number of hydrazone groups is 1. The van der Waals surface area contributed by atoms with Gasteiger partial charge in [0.05, 0.1) is 25.6 Å². The summed E-state index contributed by atoms with van der Waals surface area (Å²) in [6.07, 6.45) is 0.647. The smallest absolute Gasteiger partial charge is 0.414 e. The van der Waals surface area contributed by atoms with E-state index < -0.39 is 17.7 Å². The van der Waals surface area contributed by atoms with Gasteiger partial charge in [-0.2, -0.15) is 10.4 Å².